The van der Waals surface area contributed by atoms with E-state index >= 15 is 0 Å². The molecule has 47 heavy (non-hydrogen) atoms. The van der Waals surface area contributed by atoms with Gasteiger partial charge in [-0.15, -0.1) is 0 Å². The van der Waals surface area contributed by atoms with Crippen molar-refractivity contribution in [3.8, 4) is 0 Å². The number of allylic oxidation sites excluding steroid dienone is 1. The van der Waals surface area contributed by atoms with Gasteiger partial charge in [-0.25, -0.2) is 4.79 Å². The fourth-order valence-electron chi connectivity index (χ4n) is 5.13. The molecule has 0 aliphatic carbocycles. The SMILES string of the molecule is CCCCCCCC(=O)SCCC=C[C@@H]1CC(=O)NCc2cccc(n2)CN(Cc2ccc(Cl)cc2)CC(=O)N[C@@H](C(C)C)C(=O)O1. The number of unbranched alkanes of at least 4 members (excludes halogenated alkanes) is 4. The molecule has 2 N–H and O–H groups in total. The van der Waals surface area contributed by atoms with Gasteiger partial charge in [-0.2, -0.15) is 0 Å². The second-order valence-electron chi connectivity index (χ2n) is 12.2. The molecule has 2 bridgehead atoms. The number of hydrogen-bond acceptors (Lipinski definition) is 8. The molecule has 0 unspecified atom stereocenters. The predicted octanol–water partition coefficient (Wildman–Crippen LogP) is 6.38. The minimum atomic E-state index is -0.904. The molecule has 256 valence electrons. The lowest BCUT2D eigenvalue weighted by molar-refractivity contribution is -0.153. The summed E-state index contributed by atoms with van der Waals surface area (Å²) in [6.45, 7) is 6.91. The highest BCUT2D eigenvalue weighted by Crippen LogP contribution is 2.16. The first-order valence-corrected chi connectivity index (χ1v) is 18.0. The predicted molar refractivity (Wildman–Crippen MR) is 188 cm³/mol. The Morgan fingerprint density at radius 1 is 1.04 bits per heavy atom. The summed E-state index contributed by atoms with van der Waals surface area (Å²) in [5, 5.41) is 6.57. The van der Waals surface area contributed by atoms with E-state index in [9.17, 15) is 19.2 Å². The summed E-state index contributed by atoms with van der Waals surface area (Å²) in [5.74, 6) is -0.873. The van der Waals surface area contributed by atoms with Crippen LogP contribution >= 0.6 is 23.4 Å². The lowest BCUT2D eigenvalue weighted by Crippen LogP contribution is -2.49. The number of esters is 1. The molecule has 2 amide bonds. The van der Waals surface area contributed by atoms with E-state index in [1.54, 1.807) is 18.2 Å². The van der Waals surface area contributed by atoms with Crippen molar-refractivity contribution in [2.75, 3.05) is 12.3 Å². The number of hydrogen-bond donors (Lipinski definition) is 2. The molecule has 0 radical (unpaired) electrons. The van der Waals surface area contributed by atoms with Crippen molar-refractivity contribution in [1.82, 2.24) is 20.5 Å². The van der Waals surface area contributed by atoms with Crippen LogP contribution in [-0.2, 0) is 43.5 Å². The molecule has 1 aliphatic rings. The van der Waals surface area contributed by atoms with Crippen LogP contribution in [0.2, 0.25) is 5.02 Å². The van der Waals surface area contributed by atoms with E-state index in [2.05, 4.69) is 17.6 Å². The Balaban J connectivity index is 1.71. The summed E-state index contributed by atoms with van der Waals surface area (Å²) < 4.78 is 5.82. The van der Waals surface area contributed by atoms with Crippen LogP contribution < -0.4 is 10.6 Å². The van der Waals surface area contributed by atoms with E-state index in [0.717, 1.165) is 30.5 Å². The van der Waals surface area contributed by atoms with Gasteiger partial charge in [0.25, 0.3) is 0 Å². The van der Waals surface area contributed by atoms with Crippen molar-refractivity contribution in [3.05, 3.63) is 76.6 Å². The number of carbonyl (C=O) groups excluding carboxylic acids is 4. The Kier molecular flexibility index (Phi) is 17.0. The van der Waals surface area contributed by atoms with Gasteiger partial charge in [0, 0.05) is 30.3 Å². The number of halogens is 1. The third-order valence-electron chi connectivity index (χ3n) is 7.68. The molecular formula is C36H49ClN4O5S. The van der Waals surface area contributed by atoms with E-state index in [0.29, 0.717) is 42.4 Å². The zero-order chi connectivity index (χ0) is 34.0. The number of carbonyl (C=O) groups is 4. The third kappa shape index (κ3) is 15.0. The number of nitrogens with zero attached hydrogens (tertiary/aromatic N) is 2. The maximum atomic E-state index is 13.4. The summed E-state index contributed by atoms with van der Waals surface area (Å²) in [4.78, 5) is 58.6. The van der Waals surface area contributed by atoms with Crippen molar-refractivity contribution in [1.29, 1.82) is 0 Å². The molecule has 2 aromatic rings. The zero-order valence-electron chi connectivity index (χ0n) is 27.8. The van der Waals surface area contributed by atoms with Crippen molar-refractivity contribution in [2.45, 2.75) is 104 Å². The van der Waals surface area contributed by atoms with Crippen LogP contribution in [0.15, 0.2) is 54.6 Å². The molecular weight excluding hydrogens is 636 g/mol. The van der Waals surface area contributed by atoms with Crippen LogP contribution in [-0.4, -0.2) is 57.2 Å². The number of aromatic nitrogens is 1. The normalized spacial score (nSPS) is 18.6. The van der Waals surface area contributed by atoms with Gasteiger partial charge in [0.05, 0.1) is 30.9 Å². The number of ether oxygens (including phenoxy) is 1. The van der Waals surface area contributed by atoms with Gasteiger partial charge < -0.3 is 15.4 Å². The van der Waals surface area contributed by atoms with Gasteiger partial charge in [0.2, 0.25) is 11.8 Å². The van der Waals surface area contributed by atoms with Crippen LogP contribution in [0.3, 0.4) is 0 Å². The van der Waals surface area contributed by atoms with Gasteiger partial charge in [0.1, 0.15) is 12.1 Å². The van der Waals surface area contributed by atoms with E-state index in [-0.39, 0.29) is 42.4 Å². The molecule has 2 heterocycles. The molecule has 0 spiro atoms. The monoisotopic (exact) mass is 684 g/mol. The minimum absolute atomic E-state index is 0.0280. The van der Waals surface area contributed by atoms with Gasteiger partial charge in [-0.05, 0) is 54.7 Å². The van der Waals surface area contributed by atoms with Gasteiger partial charge in [-0.3, -0.25) is 24.3 Å². The molecule has 9 nitrogen and oxygen atoms in total. The van der Waals surface area contributed by atoms with Gasteiger partial charge in [0.15, 0.2) is 5.12 Å². The Hall–Kier alpha value is -3.21. The summed E-state index contributed by atoms with van der Waals surface area (Å²) in [5.41, 5.74) is 2.40. The first kappa shape index (κ1) is 38.2. The largest absolute Gasteiger partial charge is 0.456 e. The standard InChI is InChI=1S/C36H49ClN4O5S/c1-4-5-6-7-8-15-34(44)47-20-10-9-14-31-21-32(42)38-22-29-12-11-13-30(39-29)24-41(23-27-16-18-28(37)19-17-27)25-33(43)40-35(26(2)3)36(45)46-31/h9,11-14,16-19,26,31,35H,4-8,10,15,20-25H2,1-3H3,(H,38,42)(H,40,43)/t31-,35+/m1/s1. The fraction of sp³-hybridized carbons (Fsp3) is 0.528. The number of pyridine rings is 1. The Morgan fingerprint density at radius 3 is 2.53 bits per heavy atom. The van der Waals surface area contributed by atoms with Crippen LogP contribution in [0.5, 0.6) is 0 Å². The average molecular weight is 685 g/mol. The molecule has 0 saturated carbocycles. The molecule has 0 saturated heterocycles. The smallest absolute Gasteiger partial charge is 0.329 e. The molecule has 2 atom stereocenters. The molecule has 1 aromatic heterocycles. The van der Waals surface area contributed by atoms with Crippen LogP contribution in [0.25, 0.3) is 0 Å². The highest BCUT2D eigenvalue weighted by Gasteiger charge is 2.29. The number of thioether (sulfide) groups is 1. The zero-order valence-corrected chi connectivity index (χ0v) is 29.4. The summed E-state index contributed by atoms with van der Waals surface area (Å²) >= 11 is 7.39. The second kappa shape index (κ2) is 20.9. The van der Waals surface area contributed by atoms with Crippen molar-refractivity contribution in [2.24, 2.45) is 5.92 Å². The highest BCUT2D eigenvalue weighted by molar-refractivity contribution is 8.13. The molecule has 3 rings (SSSR count). The summed E-state index contributed by atoms with van der Waals surface area (Å²) in [6.07, 6.45) is 9.33. The second-order valence-corrected chi connectivity index (χ2v) is 13.8. The van der Waals surface area contributed by atoms with E-state index in [1.165, 1.54) is 24.6 Å². The fourth-order valence-corrected chi connectivity index (χ4v) is 6.03. The van der Waals surface area contributed by atoms with Crippen molar-refractivity contribution >= 4 is 46.3 Å². The van der Waals surface area contributed by atoms with Gasteiger partial charge in [-0.1, -0.05) is 94.1 Å². The Morgan fingerprint density at radius 2 is 1.79 bits per heavy atom. The van der Waals surface area contributed by atoms with Crippen molar-refractivity contribution in [3.63, 3.8) is 0 Å². The number of fused-ring (bicyclic) bond motifs is 2. The lowest BCUT2D eigenvalue weighted by Gasteiger charge is -2.26. The number of rotatable bonds is 13. The number of benzene rings is 1. The molecule has 1 aliphatic heterocycles. The number of nitrogens with one attached hydrogen (secondary N) is 2. The topological polar surface area (TPSA) is 118 Å². The first-order valence-electron chi connectivity index (χ1n) is 16.6. The number of cyclic esters (lactones) is 1. The first-order chi connectivity index (χ1) is 22.6. The quantitative estimate of drug-likeness (QED) is 0.142. The minimum Gasteiger partial charge on any atom is -0.456 e. The van der Waals surface area contributed by atoms with E-state index < -0.39 is 18.1 Å². The summed E-state index contributed by atoms with van der Waals surface area (Å²) in [6, 6.07) is 12.1. The Bertz CT molecular complexity index is 1340. The van der Waals surface area contributed by atoms with Crippen molar-refractivity contribution < 1.29 is 23.9 Å². The number of amides is 2. The average Bonchev–Trinajstić information content (AvgIpc) is 3.03. The summed E-state index contributed by atoms with van der Waals surface area (Å²) in [7, 11) is 0. The van der Waals surface area contributed by atoms with Crippen LogP contribution in [0.1, 0.15) is 89.1 Å². The van der Waals surface area contributed by atoms with E-state index in [1.807, 2.05) is 55.2 Å². The highest BCUT2D eigenvalue weighted by atomic mass is 35.5. The van der Waals surface area contributed by atoms with Gasteiger partial charge >= 0.3 is 5.97 Å². The van der Waals surface area contributed by atoms with Crippen LogP contribution in [0.4, 0.5) is 0 Å². The maximum Gasteiger partial charge on any atom is 0.329 e. The molecule has 1 aromatic carbocycles. The van der Waals surface area contributed by atoms with E-state index in [4.69, 9.17) is 21.3 Å². The third-order valence-corrected chi connectivity index (χ3v) is 8.90. The Labute approximate surface area is 288 Å². The molecule has 0 fully saturated rings. The molecule has 11 heteroatoms. The lowest BCUT2D eigenvalue weighted by atomic mass is 10.0. The van der Waals surface area contributed by atoms with Crippen LogP contribution in [0, 0.1) is 5.92 Å². The maximum absolute atomic E-state index is 13.4.